The van der Waals surface area contributed by atoms with Gasteiger partial charge in [-0.3, -0.25) is 4.79 Å². The van der Waals surface area contributed by atoms with Crippen molar-refractivity contribution in [3.63, 3.8) is 0 Å². The average molecular weight is 294 g/mol. The lowest BCUT2D eigenvalue weighted by molar-refractivity contribution is 0.0955. The third-order valence-corrected chi connectivity index (χ3v) is 3.52. The van der Waals surface area contributed by atoms with Crippen molar-refractivity contribution >= 4 is 15.7 Å². The summed E-state index contributed by atoms with van der Waals surface area (Å²) in [4.78, 5) is 12.0. The Hall–Kier alpha value is -1.84. The first-order valence-corrected chi connectivity index (χ1v) is 8.15. The Kier molecular flexibility index (Phi) is 5.74. The lowest BCUT2D eigenvalue weighted by atomic mass is 10.0. The summed E-state index contributed by atoms with van der Waals surface area (Å²) in [6, 6.07) is 5.28. The lowest BCUT2D eigenvalue weighted by Gasteiger charge is -2.07. The molecule has 0 heterocycles. The summed E-state index contributed by atoms with van der Waals surface area (Å²) >= 11 is 0. The van der Waals surface area contributed by atoms with E-state index in [2.05, 4.69) is 17.2 Å². The maximum absolute atomic E-state index is 12.0. The van der Waals surface area contributed by atoms with E-state index in [1.165, 1.54) is 0 Å². The predicted molar refractivity (Wildman–Crippen MR) is 79.2 cm³/mol. The van der Waals surface area contributed by atoms with E-state index in [0.29, 0.717) is 11.1 Å². The number of rotatable bonds is 4. The molecule has 6 heteroatoms. The minimum Gasteiger partial charge on any atom is -0.351 e. The van der Waals surface area contributed by atoms with Crippen LogP contribution in [0.3, 0.4) is 0 Å². The number of nitrogens with one attached hydrogen (secondary N) is 1. The Labute approximate surface area is 119 Å². The minimum absolute atomic E-state index is 0.0789. The molecule has 5 nitrogen and oxygen atoms in total. The first kappa shape index (κ1) is 16.2. The topological polar surface area (TPSA) is 89.3 Å². The fourth-order valence-corrected chi connectivity index (χ4v) is 2.02. The highest BCUT2D eigenvalue weighted by Crippen LogP contribution is 2.10. The zero-order valence-corrected chi connectivity index (χ0v) is 12.4. The number of carbonyl (C=O) groups excluding carboxylic acids is 1. The fraction of sp³-hybridized carbons (Fsp3) is 0.357. The quantitative estimate of drug-likeness (QED) is 0.770. The van der Waals surface area contributed by atoms with E-state index in [1.54, 1.807) is 12.1 Å². The number of hydrogen-bond acceptors (Lipinski definition) is 4. The second-order valence-electron chi connectivity index (χ2n) is 4.42. The second-order valence-corrected chi connectivity index (χ2v) is 6.68. The molecule has 108 valence electrons. The Morgan fingerprint density at radius 3 is 2.70 bits per heavy atom. The first-order chi connectivity index (χ1) is 9.33. The molecule has 0 spiro atoms. The molecule has 1 amide bonds. The van der Waals surface area contributed by atoms with E-state index in [-0.39, 0.29) is 24.7 Å². The summed E-state index contributed by atoms with van der Waals surface area (Å²) in [6.07, 6.45) is 1.13. The van der Waals surface area contributed by atoms with Gasteiger partial charge in [-0.05, 0) is 24.6 Å². The van der Waals surface area contributed by atoms with Crippen molar-refractivity contribution in [1.29, 1.82) is 0 Å². The fourth-order valence-electron chi connectivity index (χ4n) is 1.54. The minimum atomic E-state index is -3.08. The SMILES string of the molecule is Cc1ccc(C#CCN)cc1C(=O)NCCS(C)(=O)=O. The molecule has 0 saturated heterocycles. The highest BCUT2D eigenvalue weighted by atomic mass is 32.2. The van der Waals surface area contributed by atoms with Gasteiger partial charge in [-0.2, -0.15) is 0 Å². The molecule has 1 aromatic rings. The zero-order valence-electron chi connectivity index (χ0n) is 11.6. The molecule has 0 aromatic heterocycles. The molecule has 0 atom stereocenters. The number of carbonyl (C=O) groups is 1. The molecule has 0 aliphatic rings. The molecule has 0 bridgehead atoms. The van der Waals surface area contributed by atoms with Crippen LogP contribution in [0.2, 0.25) is 0 Å². The van der Waals surface area contributed by atoms with Crippen molar-refractivity contribution < 1.29 is 13.2 Å². The van der Waals surface area contributed by atoms with Crippen molar-refractivity contribution in [1.82, 2.24) is 5.32 Å². The summed E-state index contributed by atoms with van der Waals surface area (Å²) in [5.74, 6) is 5.19. The molecule has 0 aliphatic heterocycles. The molecule has 1 aromatic carbocycles. The predicted octanol–water partition coefficient (Wildman–Crippen LogP) is 0.0796. The first-order valence-electron chi connectivity index (χ1n) is 6.09. The van der Waals surface area contributed by atoms with Crippen LogP contribution in [-0.2, 0) is 9.84 Å². The van der Waals surface area contributed by atoms with Crippen LogP contribution >= 0.6 is 0 Å². The van der Waals surface area contributed by atoms with E-state index in [0.717, 1.165) is 11.8 Å². The van der Waals surface area contributed by atoms with Gasteiger partial charge in [0.05, 0.1) is 12.3 Å². The molecule has 0 unspecified atom stereocenters. The average Bonchev–Trinajstić information content (AvgIpc) is 2.36. The number of aryl methyl sites for hydroxylation is 1. The third-order valence-electron chi connectivity index (χ3n) is 2.58. The molecule has 20 heavy (non-hydrogen) atoms. The van der Waals surface area contributed by atoms with Gasteiger partial charge in [0.1, 0.15) is 9.84 Å². The van der Waals surface area contributed by atoms with Crippen LogP contribution in [0.15, 0.2) is 18.2 Å². The molecular weight excluding hydrogens is 276 g/mol. The van der Waals surface area contributed by atoms with Gasteiger partial charge in [-0.15, -0.1) is 0 Å². The van der Waals surface area contributed by atoms with Crippen LogP contribution in [-0.4, -0.2) is 39.4 Å². The third kappa shape index (κ3) is 5.43. The zero-order chi connectivity index (χ0) is 15.2. The highest BCUT2D eigenvalue weighted by Gasteiger charge is 2.10. The van der Waals surface area contributed by atoms with Gasteiger partial charge in [-0.1, -0.05) is 17.9 Å². The van der Waals surface area contributed by atoms with Crippen molar-refractivity contribution in [3.8, 4) is 11.8 Å². The summed E-state index contributed by atoms with van der Waals surface area (Å²) in [7, 11) is -3.08. The Bertz CT molecular complexity index is 655. The number of hydrogen-bond donors (Lipinski definition) is 2. The van der Waals surface area contributed by atoms with Gasteiger partial charge < -0.3 is 11.1 Å². The Morgan fingerprint density at radius 2 is 2.10 bits per heavy atom. The lowest BCUT2D eigenvalue weighted by Crippen LogP contribution is -2.29. The maximum atomic E-state index is 12.0. The van der Waals surface area contributed by atoms with E-state index in [4.69, 9.17) is 5.73 Å². The van der Waals surface area contributed by atoms with Crippen LogP contribution < -0.4 is 11.1 Å². The van der Waals surface area contributed by atoms with Gasteiger partial charge in [0, 0.05) is 23.9 Å². The van der Waals surface area contributed by atoms with Crippen LogP contribution in [0.5, 0.6) is 0 Å². The van der Waals surface area contributed by atoms with Gasteiger partial charge in [0.2, 0.25) is 0 Å². The van der Waals surface area contributed by atoms with Crippen LogP contribution in [0.25, 0.3) is 0 Å². The van der Waals surface area contributed by atoms with Crippen LogP contribution in [0.1, 0.15) is 21.5 Å². The normalized spacial score (nSPS) is 10.6. The van der Waals surface area contributed by atoms with Crippen LogP contribution in [0, 0.1) is 18.8 Å². The smallest absolute Gasteiger partial charge is 0.251 e. The number of nitrogens with two attached hydrogens (primary N) is 1. The summed E-state index contributed by atoms with van der Waals surface area (Å²) in [5.41, 5.74) is 7.30. The largest absolute Gasteiger partial charge is 0.351 e. The number of sulfone groups is 1. The summed E-state index contributed by atoms with van der Waals surface area (Å²) < 4.78 is 22.0. The molecular formula is C14H18N2O3S. The van der Waals surface area contributed by atoms with E-state index >= 15 is 0 Å². The van der Waals surface area contributed by atoms with Crippen molar-refractivity contribution in [2.45, 2.75) is 6.92 Å². The van der Waals surface area contributed by atoms with Crippen molar-refractivity contribution in [2.24, 2.45) is 5.73 Å². The molecule has 0 aliphatic carbocycles. The Morgan fingerprint density at radius 1 is 1.40 bits per heavy atom. The van der Waals surface area contributed by atoms with Crippen molar-refractivity contribution in [3.05, 3.63) is 34.9 Å². The molecule has 0 saturated carbocycles. The molecule has 0 fully saturated rings. The van der Waals surface area contributed by atoms with Gasteiger partial charge >= 0.3 is 0 Å². The Balaban J connectivity index is 2.81. The molecule has 3 N–H and O–H groups in total. The molecule has 0 radical (unpaired) electrons. The van der Waals surface area contributed by atoms with Crippen LogP contribution in [0.4, 0.5) is 0 Å². The van der Waals surface area contributed by atoms with E-state index in [9.17, 15) is 13.2 Å². The highest BCUT2D eigenvalue weighted by molar-refractivity contribution is 7.90. The van der Waals surface area contributed by atoms with Gasteiger partial charge in [-0.25, -0.2) is 8.42 Å². The van der Waals surface area contributed by atoms with Crippen molar-refractivity contribution in [2.75, 3.05) is 25.1 Å². The summed E-state index contributed by atoms with van der Waals surface area (Å²) in [5, 5.41) is 2.59. The standard InChI is InChI=1S/C14H18N2O3S/c1-11-5-6-12(4-3-7-15)10-13(11)14(17)16-8-9-20(2,18)19/h5-6,10H,7-9,15H2,1-2H3,(H,16,17). The van der Waals surface area contributed by atoms with Gasteiger partial charge in [0.15, 0.2) is 0 Å². The van der Waals surface area contributed by atoms with E-state index < -0.39 is 9.84 Å². The number of benzene rings is 1. The number of amides is 1. The summed E-state index contributed by atoms with van der Waals surface area (Å²) in [6.45, 7) is 2.16. The monoisotopic (exact) mass is 294 g/mol. The van der Waals surface area contributed by atoms with E-state index in [1.807, 2.05) is 13.0 Å². The maximum Gasteiger partial charge on any atom is 0.251 e. The van der Waals surface area contributed by atoms with Gasteiger partial charge in [0.25, 0.3) is 5.91 Å². The second kappa shape index (κ2) is 7.08. The molecule has 1 rings (SSSR count).